The van der Waals surface area contributed by atoms with Crippen LogP contribution >= 0.6 is 0 Å². The van der Waals surface area contributed by atoms with Crippen LogP contribution in [0.3, 0.4) is 0 Å². The van der Waals surface area contributed by atoms with E-state index in [2.05, 4.69) is 0 Å². The molecule has 0 radical (unpaired) electrons. The van der Waals surface area contributed by atoms with Gasteiger partial charge >= 0.3 is 0 Å². The van der Waals surface area contributed by atoms with E-state index in [0.29, 0.717) is 18.8 Å². The van der Waals surface area contributed by atoms with Gasteiger partial charge in [0, 0.05) is 13.0 Å². The van der Waals surface area contributed by atoms with Crippen molar-refractivity contribution in [2.75, 3.05) is 13.2 Å². The number of hydrogen-bond donors (Lipinski definition) is 1. The molecule has 0 saturated heterocycles. The highest BCUT2D eigenvalue weighted by atomic mass is 19.1. The third kappa shape index (κ3) is 1.53. The number of hydrogen-bond acceptors (Lipinski definition) is 2. The van der Waals surface area contributed by atoms with E-state index in [9.17, 15) is 4.39 Å². The fourth-order valence-corrected chi connectivity index (χ4v) is 1.15. The van der Waals surface area contributed by atoms with E-state index >= 15 is 0 Å². The van der Waals surface area contributed by atoms with E-state index < -0.39 is 5.67 Å². The van der Waals surface area contributed by atoms with Gasteiger partial charge in [-0.25, -0.2) is 4.39 Å². The number of rotatable bonds is 3. The lowest BCUT2D eigenvalue weighted by atomic mass is 10.0. The highest BCUT2D eigenvalue weighted by Crippen LogP contribution is 2.28. The van der Waals surface area contributed by atoms with Gasteiger partial charge in [0.05, 0.1) is 6.61 Å². The minimum Gasteiger partial charge on any atom is -0.494 e. The molecular weight excluding hydrogens is 145 g/mol. The normalized spacial score (nSPS) is 22.3. The Morgan fingerprint density at radius 1 is 1.82 bits per heavy atom. The summed E-state index contributed by atoms with van der Waals surface area (Å²) < 4.78 is 18.7. The van der Waals surface area contributed by atoms with Gasteiger partial charge in [-0.15, -0.1) is 0 Å². The van der Waals surface area contributed by atoms with E-state index in [0.717, 1.165) is 6.42 Å². The van der Waals surface area contributed by atoms with E-state index in [1.165, 1.54) is 0 Å². The van der Waals surface area contributed by atoms with Crippen LogP contribution in [0, 0.1) is 0 Å². The van der Waals surface area contributed by atoms with Crippen molar-refractivity contribution in [3.8, 4) is 0 Å². The van der Waals surface area contributed by atoms with E-state index in [4.69, 9.17) is 10.5 Å². The molecule has 11 heavy (non-hydrogen) atoms. The maximum absolute atomic E-state index is 13.6. The molecule has 0 aliphatic carbocycles. The van der Waals surface area contributed by atoms with Gasteiger partial charge in [0.15, 0.2) is 5.67 Å². The first kappa shape index (κ1) is 8.53. The molecule has 0 aromatic heterocycles. The molecule has 3 heteroatoms. The fourth-order valence-electron chi connectivity index (χ4n) is 1.15. The van der Waals surface area contributed by atoms with Crippen molar-refractivity contribution in [3.63, 3.8) is 0 Å². The van der Waals surface area contributed by atoms with Crippen molar-refractivity contribution >= 4 is 0 Å². The second-order valence-corrected chi connectivity index (χ2v) is 2.73. The molecule has 2 nitrogen and oxygen atoms in total. The molecule has 0 aromatic carbocycles. The summed E-state index contributed by atoms with van der Waals surface area (Å²) in [4.78, 5) is 0. The molecule has 1 unspecified atom stereocenters. The average Bonchev–Trinajstić information content (AvgIpc) is 2.55. The molecule has 0 amide bonds. The Bertz CT molecular complexity index is 163. The molecule has 0 aromatic rings. The molecule has 0 bridgehead atoms. The zero-order chi connectivity index (χ0) is 8.32. The van der Waals surface area contributed by atoms with Crippen LogP contribution in [-0.2, 0) is 4.74 Å². The molecule has 0 fully saturated rings. The number of alkyl halides is 1. The minimum absolute atomic E-state index is 0.00926. The molecule has 0 spiro atoms. The van der Waals surface area contributed by atoms with Crippen LogP contribution in [-0.4, -0.2) is 18.8 Å². The first-order valence-electron chi connectivity index (χ1n) is 3.95. The van der Waals surface area contributed by atoms with Crippen molar-refractivity contribution < 1.29 is 9.13 Å². The van der Waals surface area contributed by atoms with Crippen molar-refractivity contribution in [1.82, 2.24) is 0 Å². The van der Waals surface area contributed by atoms with Crippen LogP contribution in [0.1, 0.15) is 19.8 Å². The quantitative estimate of drug-likeness (QED) is 0.675. The monoisotopic (exact) mass is 159 g/mol. The fraction of sp³-hybridized carbons (Fsp3) is 0.750. The van der Waals surface area contributed by atoms with Gasteiger partial charge in [-0.1, -0.05) is 6.92 Å². The summed E-state index contributed by atoms with van der Waals surface area (Å²) in [6.45, 7) is 2.38. The molecule has 1 heterocycles. The largest absolute Gasteiger partial charge is 0.494 e. The zero-order valence-electron chi connectivity index (χ0n) is 6.77. The van der Waals surface area contributed by atoms with Crippen LogP contribution in [0.5, 0.6) is 0 Å². The van der Waals surface area contributed by atoms with Crippen molar-refractivity contribution in [3.05, 3.63) is 11.8 Å². The molecule has 2 N–H and O–H groups in total. The first-order chi connectivity index (χ1) is 5.23. The number of ether oxygens (including phenoxy) is 1. The lowest BCUT2D eigenvalue weighted by Crippen LogP contribution is -2.34. The highest BCUT2D eigenvalue weighted by molar-refractivity contribution is 5.13. The van der Waals surface area contributed by atoms with Gasteiger partial charge in [-0.3, -0.25) is 0 Å². The Morgan fingerprint density at radius 3 is 2.91 bits per heavy atom. The predicted octanol–water partition coefficient (Wildman–Crippen LogP) is 1.37. The Balaban J connectivity index is 2.67. The van der Waals surface area contributed by atoms with Crippen LogP contribution < -0.4 is 5.73 Å². The lowest BCUT2D eigenvalue weighted by molar-refractivity contribution is 0.104. The second kappa shape index (κ2) is 3.22. The van der Waals surface area contributed by atoms with Crippen molar-refractivity contribution in [2.45, 2.75) is 25.4 Å². The molecule has 1 aliphatic heterocycles. The van der Waals surface area contributed by atoms with Crippen LogP contribution in [0.4, 0.5) is 4.39 Å². The van der Waals surface area contributed by atoms with E-state index in [-0.39, 0.29) is 6.54 Å². The Labute approximate surface area is 66.2 Å². The Hall–Kier alpha value is -0.570. The molecule has 1 aliphatic rings. The molecule has 0 saturated carbocycles. The Morgan fingerprint density at radius 2 is 2.55 bits per heavy atom. The van der Waals surface area contributed by atoms with Gasteiger partial charge in [-0.2, -0.15) is 0 Å². The van der Waals surface area contributed by atoms with E-state index in [1.807, 2.05) is 0 Å². The second-order valence-electron chi connectivity index (χ2n) is 2.73. The maximum Gasteiger partial charge on any atom is 0.179 e. The average molecular weight is 159 g/mol. The van der Waals surface area contributed by atoms with Gasteiger partial charge < -0.3 is 10.5 Å². The number of nitrogens with two attached hydrogens (primary N) is 1. The summed E-state index contributed by atoms with van der Waals surface area (Å²) in [5.74, 6) is 0.433. The summed E-state index contributed by atoms with van der Waals surface area (Å²) >= 11 is 0. The van der Waals surface area contributed by atoms with Gasteiger partial charge in [0.2, 0.25) is 0 Å². The zero-order valence-corrected chi connectivity index (χ0v) is 6.77. The highest BCUT2D eigenvalue weighted by Gasteiger charge is 2.33. The standard InChI is InChI=1S/C8H14FNO/c1-2-8(9,6-10)7-4-3-5-11-7/h4H,2-3,5-6,10H2,1H3. The molecule has 64 valence electrons. The van der Waals surface area contributed by atoms with Gasteiger partial charge in [-0.05, 0) is 12.5 Å². The molecular formula is C8H14FNO. The third-order valence-corrected chi connectivity index (χ3v) is 2.03. The third-order valence-electron chi connectivity index (χ3n) is 2.03. The van der Waals surface area contributed by atoms with Crippen molar-refractivity contribution in [1.29, 1.82) is 0 Å². The SMILES string of the molecule is CCC(F)(CN)C1=CCCO1. The summed E-state index contributed by atoms with van der Waals surface area (Å²) in [7, 11) is 0. The van der Waals surface area contributed by atoms with Crippen LogP contribution in [0.2, 0.25) is 0 Å². The predicted molar refractivity (Wildman–Crippen MR) is 41.8 cm³/mol. The van der Waals surface area contributed by atoms with Gasteiger partial charge in [0.25, 0.3) is 0 Å². The smallest absolute Gasteiger partial charge is 0.179 e. The minimum atomic E-state index is -1.42. The summed E-state index contributed by atoms with van der Waals surface area (Å²) in [6, 6.07) is 0. The van der Waals surface area contributed by atoms with Crippen molar-refractivity contribution in [2.24, 2.45) is 5.73 Å². The summed E-state index contributed by atoms with van der Waals surface area (Å²) in [6.07, 6.45) is 2.98. The first-order valence-corrected chi connectivity index (χ1v) is 3.95. The molecule has 1 atom stereocenters. The van der Waals surface area contributed by atoms with Crippen LogP contribution in [0.15, 0.2) is 11.8 Å². The Kier molecular flexibility index (Phi) is 2.49. The van der Waals surface area contributed by atoms with E-state index in [1.54, 1.807) is 13.0 Å². The molecule has 1 rings (SSSR count). The summed E-state index contributed by atoms with van der Waals surface area (Å²) in [5.41, 5.74) is 3.88. The van der Waals surface area contributed by atoms with Crippen LogP contribution in [0.25, 0.3) is 0 Å². The maximum atomic E-state index is 13.6. The number of halogens is 1. The lowest BCUT2D eigenvalue weighted by Gasteiger charge is -2.22. The summed E-state index contributed by atoms with van der Waals surface area (Å²) in [5, 5.41) is 0. The topological polar surface area (TPSA) is 35.2 Å². The van der Waals surface area contributed by atoms with Gasteiger partial charge in [0.1, 0.15) is 5.76 Å².